The van der Waals surface area contributed by atoms with Crippen LogP contribution >= 0.6 is 11.3 Å². The highest BCUT2D eigenvalue weighted by molar-refractivity contribution is 7.15. The van der Waals surface area contributed by atoms with Crippen molar-refractivity contribution in [2.75, 3.05) is 11.5 Å². The maximum Gasteiger partial charge on any atom is 0.297 e. The molecule has 1 aliphatic heterocycles. The molecule has 1 unspecified atom stereocenters. The summed E-state index contributed by atoms with van der Waals surface area (Å²) in [6.45, 7) is 6.00. The van der Waals surface area contributed by atoms with Crippen molar-refractivity contribution in [3.63, 3.8) is 0 Å². The van der Waals surface area contributed by atoms with Crippen LogP contribution in [0.5, 0.6) is 5.75 Å². The first-order valence-electron chi connectivity index (χ1n) is 10.6. The van der Waals surface area contributed by atoms with E-state index in [2.05, 4.69) is 4.98 Å². The topological polar surface area (TPSA) is 116 Å². The van der Waals surface area contributed by atoms with Crippen molar-refractivity contribution in [3.8, 4) is 5.75 Å². The fourth-order valence-electron chi connectivity index (χ4n) is 4.09. The van der Waals surface area contributed by atoms with Crippen LogP contribution in [-0.4, -0.2) is 22.4 Å². The number of fused-ring (bicyclic) bond motifs is 2. The van der Waals surface area contributed by atoms with Crippen LogP contribution in [0.1, 0.15) is 45.2 Å². The number of carbonyl (C=O) groups excluding carboxylic acids is 1. The molecule has 4 aromatic rings. The summed E-state index contributed by atoms with van der Waals surface area (Å²) in [7, 11) is 0. The molecule has 5 rings (SSSR count). The average molecular weight is 477 g/mol. The molecule has 0 fully saturated rings. The number of carbonyl (C=O) groups is 1. The summed E-state index contributed by atoms with van der Waals surface area (Å²) in [6.07, 6.45) is 0. The number of ether oxygens (including phenoxy) is 1. The number of nitro groups is 1. The number of rotatable bonds is 5. The van der Waals surface area contributed by atoms with Crippen molar-refractivity contribution in [1.82, 2.24) is 4.98 Å². The Labute approximate surface area is 197 Å². The van der Waals surface area contributed by atoms with Gasteiger partial charge in [0.2, 0.25) is 5.76 Å². The minimum atomic E-state index is -0.917. The van der Waals surface area contributed by atoms with Crippen molar-refractivity contribution in [1.29, 1.82) is 0 Å². The lowest BCUT2D eigenvalue weighted by atomic mass is 9.98. The highest BCUT2D eigenvalue weighted by Crippen LogP contribution is 2.43. The lowest BCUT2D eigenvalue weighted by Crippen LogP contribution is -2.29. The number of hydrogen-bond acceptors (Lipinski definition) is 8. The number of hydrogen-bond donors (Lipinski definition) is 0. The Hall–Kier alpha value is -4.05. The molecular formula is C24H19N3O6S. The fourth-order valence-corrected chi connectivity index (χ4v) is 5.02. The van der Waals surface area contributed by atoms with Crippen molar-refractivity contribution in [2.24, 2.45) is 0 Å². The van der Waals surface area contributed by atoms with Crippen LogP contribution in [0.15, 0.2) is 51.7 Å². The zero-order chi connectivity index (χ0) is 24.1. The third kappa shape index (κ3) is 3.34. The van der Waals surface area contributed by atoms with Crippen LogP contribution in [0, 0.1) is 24.0 Å². The summed E-state index contributed by atoms with van der Waals surface area (Å²) in [5.41, 5.74) is 1.02. The van der Waals surface area contributed by atoms with Crippen LogP contribution in [-0.2, 0) is 0 Å². The molecular weight excluding hydrogens is 458 g/mol. The van der Waals surface area contributed by atoms with Gasteiger partial charge in [-0.3, -0.25) is 24.6 Å². The lowest BCUT2D eigenvalue weighted by Gasteiger charge is -2.22. The Morgan fingerprint density at radius 2 is 2.00 bits per heavy atom. The zero-order valence-electron chi connectivity index (χ0n) is 18.5. The standard InChI is InChI=1S/C24H19N3O6S/c1-4-32-16-8-9-17-18(11-16)33-22-19(21(17)28)20(14-6-5-7-15(10-14)27(30)31)26(23(22)29)24-25-12(2)13(3)34-24/h5-11,20H,4H2,1-3H3. The van der Waals surface area contributed by atoms with Gasteiger partial charge in [0, 0.05) is 23.1 Å². The third-order valence-electron chi connectivity index (χ3n) is 5.77. The fraction of sp³-hybridized carbons (Fsp3) is 0.208. The first-order valence-corrected chi connectivity index (χ1v) is 11.4. The van der Waals surface area contributed by atoms with Crippen LogP contribution in [0.2, 0.25) is 0 Å². The molecule has 0 N–H and O–H groups in total. The number of non-ortho nitro benzene ring substituents is 1. The number of amides is 1. The quantitative estimate of drug-likeness (QED) is 0.296. The van der Waals surface area contributed by atoms with Crippen LogP contribution < -0.4 is 15.1 Å². The summed E-state index contributed by atoms with van der Waals surface area (Å²) in [5.74, 6) is -0.115. The van der Waals surface area contributed by atoms with Gasteiger partial charge in [0.25, 0.3) is 11.6 Å². The van der Waals surface area contributed by atoms with E-state index in [9.17, 15) is 19.7 Å². The van der Waals surface area contributed by atoms with Crippen molar-refractivity contribution in [3.05, 3.63) is 90.3 Å². The molecule has 0 spiro atoms. The van der Waals surface area contributed by atoms with Gasteiger partial charge in [-0.1, -0.05) is 12.1 Å². The molecule has 9 nitrogen and oxygen atoms in total. The van der Waals surface area contributed by atoms with E-state index in [1.165, 1.54) is 34.4 Å². The molecule has 1 amide bonds. The van der Waals surface area contributed by atoms with Crippen LogP contribution in [0.4, 0.5) is 10.8 Å². The van der Waals surface area contributed by atoms with E-state index >= 15 is 0 Å². The number of thiazole rings is 1. The van der Waals surface area contributed by atoms with Gasteiger partial charge in [0.1, 0.15) is 11.3 Å². The van der Waals surface area contributed by atoms with Gasteiger partial charge in [0.15, 0.2) is 10.6 Å². The van der Waals surface area contributed by atoms with Gasteiger partial charge in [-0.05, 0) is 38.5 Å². The molecule has 1 atom stereocenters. The predicted octanol–water partition coefficient (Wildman–Crippen LogP) is 4.92. The molecule has 0 aliphatic carbocycles. The molecule has 3 heterocycles. The Balaban J connectivity index is 1.79. The van der Waals surface area contributed by atoms with Crippen molar-refractivity contribution >= 4 is 39.0 Å². The van der Waals surface area contributed by atoms with Crippen molar-refractivity contribution in [2.45, 2.75) is 26.8 Å². The van der Waals surface area contributed by atoms with Crippen LogP contribution in [0.3, 0.4) is 0 Å². The molecule has 10 heteroatoms. The summed E-state index contributed by atoms with van der Waals surface area (Å²) in [4.78, 5) is 45.0. The summed E-state index contributed by atoms with van der Waals surface area (Å²) in [5, 5.41) is 12.1. The molecule has 2 aromatic heterocycles. The number of nitro benzene ring substituents is 1. The van der Waals surface area contributed by atoms with E-state index in [1.807, 2.05) is 20.8 Å². The first-order chi connectivity index (χ1) is 16.3. The second kappa shape index (κ2) is 8.07. The monoisotopic (exact) mass is 477 g/mol. The van der Waals surface area contributed by atoms with Gasteiger partial charge in [-0.2, -0.15) is 0 Å². The van der Waals surface area contributed by atoms with Gasteiger partial charge in [-0.15, -0.1) is 11.3 Å². The van der Waals surface area contributed by atoms with Crippen molar-refractivity contribution < 1.29 is 18.9 Å². The summed E-state index contributed by atoms with van der Waals surface area (Å²) >= 11 is 1.31. The van der Waals surface area contributed by atoms with Gasteiger partial charge in [-0.25, -0.2) is 4.98 Å². The Morgan fingerprint density at radius 1 is 1.21 bits per heavy atom. The minimum absolute atomic E-state index is 0.104. The normalized spacial score (nSPS) is 15.1. The number of anilines is 1. The highest BCUT2D eigenvalue weighted by Gasteiger charge is 2.45. The van der Waals surface area contributed by atoms with Crippen LogP contribution in [0.25, 0.3) is 11.0 Å². The van der Waals surface area contributed by atoms with E-state index < -0.39 is 16.9 Å². The number of nitrogens with zero attached hydrogens (tertiary/aromatic N) is 3. The van der Waals surface area contributed by atoms with E-state index in [0.29, 0.717) is 28.4 Å². The Kier molecular flexibility index (Phi) is 5.17. The second-order valence-corrected chi connectivity index (χ2v) is 9.01. The van der Waals surface area contributed by atoms with E-state index in [4.69, 9.17) is 9.15 Å². The third-order valence-corrected chi connectivity index (χ3v) is 6.85. The largest absolute Gasteiger partial charge is 0.494 e. The van der Waals surface area contributed by atoms with E-state index in [0.717, 1.165) is 10.6 Å². The van der Waals surface area contributed by atoms with E-state index in [1.54, 1.807) is 24.3 Å². The SMILES string of the molecule is CCOc1ccc2c(=O)c3c(oc2c1)C(=O)N(c1nc(C)c(C)s1)C3c1cccc([N+](=O)[O-])c1. The second-order valence-electron chi connectivity index (χ2n) is 7.83. The molecule has 2 aromatic carbocycles. The van der Waals surface area contributed by atoms with Gasteiger partial charge >= 0.3 is 0 Å². The summed E-state index contributed by atoms with van der Waals surface area (Å²) in [6, 6.07) is 9.85. The molecule has 0 saturated carbocycles. The maximum absolute atomic E-state index is 13.7. The first kappa shape index (κ1) is 21.8. The Bertz CT molecular complexity index is 1520. The predicted molar refractivity (Wildman–Crippen MR) is 127 cm³/mol. The number of aromatic nitrogens is 1. The number of aryl methyl sites for hydroxylation is 2. The highest BCUT2D eigenvalue weighted by atomic mass is 32.1. The molecule has 0 radical (unpaired) electrons. The summed E-state index contributed by atoms with van der Waals surface area (Å²) < 4.78 is 11.5. The zero-order valence-corrected chi connectivity index (χ0v) is 19.3. The molecule has 172 valence electrons. The van der Waals surface area contributed by atoms with E-state index in [-0.39, 0.29) is 28.0 Å². The molecule has 1 aliphatic rings. The molecule has 0 bridgehead atoms. The average Bonchev–Trinajstić information content (AvgIpc) is 3.30. The van der Waals surface area contributed by atoms with Gasteiger partial charge < -0.3 is 9.15 Å². The maximum atomic E-state index is 13.7. The smallest absolute Gasteiger partial charge is 0.297 e. The number of benzene rings is 2. The molecule has 34 heavy (non-hydrogen) atoms. The molecule has 0 saturated heterocycles. The van der Waals surface area contributed by atoms with Gasteiger partial charge in [0.05, 0.1) is 34.2 Å². The Morgan fingerprint density at radius 3 is 2.68 bits per heavy atom. The lowest BCUT2D eigenvalue weighted by molar-refractivity contribution is -0.384. The minimum Gasteiger partial charge on any atom is -0.494 e.